The van der Waals surface area contributed by atoms with Crippen LogP contribution in [0.5, 0.6) is 5.75 Å². The number of aromatic carboxylic acids is 1. The molecule has 0 spiro atoms. The van der Waals surface area contributed by atoms with Gasteiger partial charge >= 0.3 is 5.97 Å². The Hall–Kier alpha value is -2.08. The van der Waals surface area contributed by atoms with Crippen LogP contribution < -0.4 is 9.64 Å². The fourth-order valence-electron chi connectivity index (χ4n) is 2.21. The maximum Gasteiger partial charge on any atom is 0.336 e. The maximum atomic E-state index is 11.9. The highest BCUT2D eigenvalue weighted by Gasteiger charge is 2.27. The molecule has 1 aliphatic rings. The van der Waals surface area contributed by atoms with E-state index >= 15 is 0 Å². The average Bonchev–Trinajstić information content (AvgIpc) is 2.40. The molecule has 0 saturated heterocycles. The van der Waals surface area contributed by atoms with Gasteiger partial charge in [0.05, 0.1) is 11.3 Å². The lowest BCUT2D eigenvalue weighted by Crippen LogP contribution is -2.39. The van der Waals surface area contributed by atoms with Crippen LogP contribution in [-0.4, -0.2) is 41.8 Å². The minimum atomic E-state index is -1.03. The molecule has 0 unspecified atom stereocenters. The number of aliphatic hydroxyl groups excluding tert-OH is 1. The summed E-state index contributed by atoms with van der Waals surface area (Å²) in [6.07, 6.45) is 1.25. The van der Waals surface area contributed by atoms with Crippen molar-refractivity contribution in [1.29, 1.82) is 0 Å². The fourth-order valence-corrected chi connectivity index (χ4v) is 2.21. The predicted molar refractivity (Wildman–Crippen MR) is 72.3 cm³/mol. The maximum absolute atomic E-state index is 11.9. The predicted octanol–water partition coefficient (Wildman–Crippen LogP) is 1.19. The average molecular weight is 279 g/mol. The molecule has 0 bridgehead atoms. The molecule has 1 aliphatic heterocycles. The number of benzene rings is 1. The zero-order valence-corrected chi connectivity index (χ0v) is 11.3. The van der Waals surface area contributed by atoms with Gasteiger partial charge in [-0.05, 0) is 37.5 Å². The molecule has 0 radical (unpaired) electrons. The van der Waals surface area contributed by atoms with Crippen molar-refractivity contribution in [2.75, 3.05) is 24.7 Å². The minimum Gasteiger partial charge on any atom is -0.482 e. The van der Waals surface area contributed by atoms with Crippen molar-refractivity contribution in [3.05, 3.63) is 23.3 Å². The molecular weight excluding hydrogens is 262 g/mol. The van der Waals surface area contributed by atoms with Crippen molar-refractivity contribution in [1.82, 2.24) is 0 Å². The number of aryl methyl sites for hydroxylation is 1. The Labute approximate surface area is 116 Å². The zero-order valence-electron chi connectivity index (χ0n) is 11.3. The Morgan fingerprint density at radius 3 is 2.80 bits per heavy atom. The lowest BCUT2D eigenvalue weighted by atomic mass is 10.1. The first kappa shape index (κ1) is 14.3. The van der Waals surface area contributed by atoms with Gasteiger partial charge in [0.1, 0.15) is 5.75 Å². The van der Waals surface area contributed by atoms with Crippen molar-refractivity contribution in [3.63, 3.8) is 0 Å². The molecule has 6 nitrogen and oxygen atoms in total. The number of anilines is 1. The fraction of sp³-hybridized carbons (Fsp3) is 0.429. The molecule has 0 atom stereocenters. The highest BCUT2D eigenvalue weighted by atomic mass is 16.5. The minimum absolute atomic E-state index is 0.0437. The quantitative estimate of drug-likeness (QED) is 0.791. The topological polar surface area (TPSA) is 87.1 Å². The second kappa shape index (κ2) is 5.92. The number of carbonyl (C=O) groups is 2. The van der Waals surface area contributed by atoms with Gasteiger partial charge in [0.2, 0.25) is 0 Å². The smallest absolute Gasteiger partial charge is 0.336 e. The van der Waals surface area contributed by atoms with Gasteiger partial charge in [0, 0.05) is 13.2 Å². The molecule has 0 fully saturated rings. The van der Waals surface area contributed by atoms with E-state index in [1.54, 1.807) is 13.0 Å². The zero-order chi connectivity index (χ0) is 14.7. The number of carbonyl (C=O) groups excluding carboxylic acids is 1. The second-order valence-corrected chi connectivity index (χ2v) is 4.70. The summed E-state index contributed by atoms with van der Waals surface area (Å²) in [4.78, 5) is 24.6. The molecule has 1 aromatic rings. The van der Waals surface area contributed by atoms with Gasteiger partial charge in [-0.1, -0.05) is 0 Å². The van der Waals surface area contributed by atoms with Crippen molar-refractivity contribution < 1.29 is 24.5 Å². The molecule has 0 aliphatic carbocycles. The molecular formula is C14H17NO5. The van der Waals surface area contributed by atoms with Crippen molar-refractivity contribution in [3.8, 4) is 5.75 Å². The summed E-state index contributed by atoms with van der Waals surface area (Å²) < 4.78 is 5.35. The number of ether oxygens (including phenoxy) is 1. The lowest BCUT2D eigenvalue weighted by Gasteiger charge is -2.30. The van der Waals surface area contributed by atoms with E-state index in [1.165, 1.54) is 11.0 Å². The normalized spacial score (nSPS) is 13.9. The molecule has 1 aromatic carbocycles. The Kier molecular flexibility index (Phi) is 4.24. The van der Waals surface area contributed by atoms with Crippen LogP contribution in [0.1, 0.15) is 28.8 Å². The second-order valence-electron chi connectivity index (χ2n) is 4.70. The van der Waals surface area contributed by atoms with Crippen LogP contribution in [0, 0.1) is 6.92 Å². The van der Waals surface area contributed by atoms with E-state index in [4.69, 9.17) is 14.9 Å². The summed E-state index contributed by atoms with van der Waals surface area (Å²) in [5.41, 5.74) is 1.25. The largest absolute Gasteiger partial charge is 0.482 e. The van der Waals surface area contributed by atoms with Gasteiger partial charge in [-0.2, -0.15) is 0 Å². The molecule has 0 saturated carbocycles. The first-order valence-corrected chi connectivity index (χ1v) is 6.46. The molecule has 2 rings (SSSR count). The first-order chi connectivity index (χ1) is 9.54. The number of fused-ring (bicyclic) bond motifs is 1. The summed E-state index contributed by atoms with van der Waals surface area (Å²) in [5.74, 6) is -0.703. The third-order valence-corrected chi connectivity index (χ3v) is 3.27. The van der Waals surface area contributed by atoms with E-state index in [-0.39, 0.29) is 24.7 Å². The number of carboxylic acid groups (broad SMARTS) is 1. The number of hydrogen-bond donors (Lipinski definition) is 2. The number of hydrogen-bond acceptors (Lipinski definition) is 4. The number of carboxylic acids is 1. The summed E-state index contributed by atoms with van der Waals surface area (Å²) >= 11 is 0. The van der Waals surface area contributed by atoms with Crippen LogP contribution in [-0.2, 0) is 4.79 Å². The van der Waals surface area contributed by atoms with E-state index < -0.39 is 5.97 Å². The van der Waals surface area contributed by atoms with E-state index in [0.717, 1.165) is 0 Å². The number of aliphatic hydroxyl groups is 1. The van der Waals surface area contributed by atoms with Crippen molar-refractivity contribution >= 4 is 17.6 Å². The monoisotopic (exact) mass is 279 g/mol. The molecule has 6 heteroatoms. The summed E-state index contributed by atoms with van der Waals surface area (Å²) in [5, 5.41) is 18.0. The van der Waals surface area contributed by atoms with Crippen LogP contribution in [0.2, 0.25) is 0 Å². The Bertz CT molecular complexity index is 541. The third kappa shape index (κ3) is 2.75. The van der Waals surface area contributed by atoms with Crippen LogP contribution in [0.25, 0.3) is 0 Å². The van der Waals surface area contributed by atoms with E-state index in [9.17, 15) is 9.59 Å². The highest BCUT2D eigenvalue weighted by Crippen LogP contribution is 2.35. The van der Waals surface area contributed by atoms with Crippen LogP contribution in [0.4, 0.5) is 5.69 Å². The van der Waals surface area contributed by atoms with E-state index in [1.807, 2.05) is 0 Å². The molecule has 1 heterocycles. The van der Waals surface area contributed by atoms with Gasteiger partial charge < -0.3 is 19.8 Å². The Morgan fingerprint density at radius 2 is 2.15 bits per heavy atom. The molecule has 1 amide bonds. The van der Waals surface area contributed by atoms with Gasteiger partial charge in [0.15, 0.2) is 6.61 Å². The lowest BCUT2D eigenvalue weighted by molar-refractivity contribution is -0.121. The van der Waals surface area contributed by atoms with Gasteiger partial charge in [-0.15, -0.1) is 0 Å². The molecule has 108 valence electrons. The molecule has 20 heavy (non-hydrogen) atoms. The van der Waals surface area contributed by atoms with Gasteiger partial charge in [-0.3, -0.25) is 4.79 Å². The third-order valence-electron chi connectivity index (χ3n) is 3.27. The number of unbranched alkanes of at least 4 members (excludes halogenated alkanes) is 1. The van der Waals surface area contributed by atoms with Gasteiger partial charge in [-0.25, -0.2) is 4.79 Å². The van der Waals surface area contributed by atoms with E-state index in [2.05, 4.69) is 0 Å². The summed E-state index contributed by atoms with van der Waals surface area (Å²) in [6, 6.07) is 3.12. The Balaban J connectivity index is 2.35. The summed E-state index contributed by atoms with van der Waals surface area (Å²) in [6.45, 7) is 2.16. The standard InChI is InChI=1S/C14H17NO5/c1-9-6-12-11(7-10(9)14(18)19)15(4-2-3-5-16)13(17)8-20-12/h6-7,16H,2-5,8H2,1H3,(H,18,19). The number of nitrogens with zero attached hydrogens (tertiary/aromatic N) is 1. The SMILES string of the molecule is Cc1cc2c(cc1C(=O)O)N(CCCCO)C(=O)CO2. The van der Waals surface area contributed by atoms with Crippen molar-refractivity contribution in [2.45, 2.75) is 19.8 Å². The van der Waals surface area contributed by atoms with Gasteiger partial charge in [0.25, 0.3) is 5.91 Å². The molecule has 2 N–H and O–H groups in total. The van der Waals surface area contributed by atoms with Crippen LogP contribution in [0.3, 0.4) is 0 Å². The van der Waals surface area contributed by atoms with Crippen molar-refractivity contribution in [2.24, 2.45) is 0 Å². The van der Waals surface area contributed by atoms with Crippen LogP contribution in [0.15, 0.2) is 12.1 Å². The molecule has 0 aromatic heterocycles. The Morgan fingerprint density at radius 1 is 1.40 bits per heavy atom. The highest BCUT2D eigenvalue weighted by molar-refractivity contribution is 6.00. The first-order valence-electron chi connectivity index (χ1n) is 6.46. The number of rotatable bonds is 5. The van der Waals surface area contributed by atoms with E-state index in [0.29, 0.717) is 36.4 Å². The van der Waals surface area contributed by atoms with Crippen LogP contribution >= 0.6 is 0 Å². The summed E-state index contributed by atoms with van der Waals surface area (Å²) in [7, 11) is 0. The number of amides is 1.